The summed E-state index contributed by atoms with van der Waals surface area (Å²) in [6.07, 6.45) is 0.338. The van der Waals surface area contributed by atoms with E-state index < -0.39 is 35.6 Å². The van der Waals surface area contributed by atoms with Crippen molar-refractivity contribution in [1.82, 2.24) is 29.8 Å². The van der Waals surface area contributed by atoms with Gasteiger partial charge in [0.05, 0.1) is 16.7 Å². The fraction of sp³-hybridized carbons (Fsp3) is 0.174. The lowest BCUT2D eigenvalue weighted by Gasteiger charge is -2.33. The minimum absolute atomic E-state index is 0.174. The number of rotatable bonds is 4. The zero-order valence-electron chi connectivity index (χ0n) is 17.8. The summed E-state index contributed by atoms with van der Waals surface area (Å²) >= 11 is 1.21. The Morgan fingerprint density at radius 3 is 2.83 bits per heavy atom. The number of nitrogens with zero attached hydrogens (tertiary/aromatic N) is 5. The van der Waals surface area contributed by atoms with Crippen LogP contribution in [0.3, 0.4) is 0 Å². The van der Waals surface area contributed by atoms with Crippen molar-refractivity contribution in [2.75, 3.05) is 6.54 Å². The molecule has 1 atom stereocenters. The predicted molar refractivity (Wildman–Crippen MR) is 119 cm³/mol. The van der Waals surface area contributed by atoms with Crippen molar-refractivity contribution in [3.8, 4) is 11.6 Å². The van der Waals surface area contributed by atoms with Crippen LogP contribution in [0.1, 0.15) is 45.1 Å². The average molecular weight is 496 g/mol. The first-order valence-electron chi connectivity index (χ1n) is 10.6. The summed E-state index contributed by atoms with van der Waals surface area (Å²) in [5, 5.41) is 0.412. The molecule has 1 aliphatic rings. The van der Waals surface area contributed by atoms with Crippen LogP contribution in [0.2, 0.25) is 0 Å². The van der Waals surface area contributed by atoms with Gasteiger partial charge >= 0.3 is 0 Å². The third-order valence-electron chi connectivity index (χ3n) is 5.74. The molecule has 176 valence electrons. The normalized spacial score (nSPS) is 15.7. The second-order valence-electron chi connectivity index (χ2n) is 7.81. The van der Waals surface area contributed by atoms with Crippen molar-refractivity contribution in [2.45, 2.75) is 18.9 Å². The predicted octanol–water partition coefficient (Wildman–Crippen LogP) is 4.93. The molecule has 0 spiro atoms. The summed E-state index contributed by atoms with van der Waals surface area (Å²) in [5.41, 5.74) is 0.942. The Hall–Kier alpha value is -4.06. The number of nitrogens with one attached hydrogen (secondary N) is 1. The molecule has 8 nitrogen and oxygen atoms in total. The Bertz CT molecular complexity index is 1550. The Labute approximate surface area is 199 Å². The zero-order valence-corrected chi connectivity index (χ0v) is 18.6. The summed E-state index contributed by atoms with van der Waals surface area (Å²) in [6, 6.07) is 8.65. The van der Waals surface area contributed by atoms with E-state index in [1.807, 2.05) is 0 Å². The SMILES string of the molecule is O=C(c1oc(-c2ccccn2)nc1C(F)F)N1CCc2[nH]cnc2[C@H]1c1nc2c(F)cccc2s1. The van der Waals surface area contributed by atoms with Crippen LogP contribution in [0.4, 0.5) is 13.2 Å². The average Bonchev–Trinajstić information content (AvgIpc) is 3.61. The quantitative estimate of drug-likeness (QED) is 0.379. The molecule has 4 aromatic heterocycles. The highest BCUT2D eigenvalue weighted by atomic mass is 32.1. The smallest absolute Gasteiger partial charge is 0.292 e. The number of pyridine rings is 1. The second-order valence-corrected chi connectivity index (χ2v) is 8.87. The molecule has 0 saturated carbocycles. The van der Waals surface area contributed by atoms with Gasteiger partial charge in [-0.2, -0.15) is 0 Å². The first-order valence-corrected chi connectivity index (χ1v) is 11.4. The van der Waals surface area contributed by atoms with Crippen LogP contribution in [-0.4, -0.2) is 42.3 Å². The molecule has 12 heteroatoms. The first kappa shape index (κ1) is 21.5. The maximum atomic E-state index is 14.4. The lowest BCUT2D eigenvalue weighted by Crippen LogP contribution is -2.41. The van der Waals surface area contributed by atoms with Crippen molar-refractivity contribution < 1.29 is 22.4 Å². The van der Waals surface area contributed by atoms with Gasteiger partial charge in [-0.1, -0.05) is 12.1 Å². The summed E-state index contributed by atoms with van der Waals surface area (Å²) in [6.45, 7) is 0.180. The van der Waals surface area contributed by atoms with Crippen LogP contribution >= 0.6 is 11.3 Å². The third-order valence-corrected chi connectivity index (χ3v) is 6.82. The number of hydrogen-bond donors (Lipinski definition) is 1. The van der Waals surface area contributed by atoms with Crippen LogP contribution in [-0.2, 0) is 6.42 Å². The van der Waals surface area contributed by atoms with Gasteiger partial charge in [-0.25, -0.2) is 28.1 Å². The summed E-state index contributed by atoms with van der Waals surface area (Å²) in [5.74, 6) is -2.03. The van der Waals surface area contributed by atoms with Gasteiger partial charge < -0.3 is 14.3 Å². The van der Waals surface area contributed by atoms with E-state index in [2.05, 4.69) is 24.9 Å². The highest BCUT2D eigenvalue weighted by Gasteiger charge is 2.40. The van der Waals surface area contributed by atoms with Gasteiger partial charge in [0.15, 0.2) is 5.69 Å². The minimum Gasteiger partial charge on any atom is -0.429 e. The molecule has 0 aliphatic carbocycles. The lowest BCUT2D eigenvalue weighted by molar-refractivity contribution is 0.0643. The fourth-order valence-corrected chi connectivity index (χ4v) is 5.26. The molecule has 5 aromatic rings. The van der Waals surface area contributed by atoms with E-state index in [0.29, 0.717) is 21.8 Å². The number of thiazole rings is 1. The van der Waals surface area contributed by atoms with Crippen LogP contribution < -0.4 is 0 Å². The number of carbonyl (C=O) groups is 1. The van der Waals surface area contributed by atoms with E-state index in [-0.39, 0.29) is 23.6 Å². The number of benzene rings is 1. The number of para-hydroxylation sites is 1. The molecule has 35 heavy (non-hydrogen) atoms. The topological polar surface area (TPSA) is 101 Å². The van der Waals surface area contributed by atoms with Gasteiger partial charge in [0.1, 0.15) is 28.1 Å². The minimum atomic E-state index is -3.05. The number of fused-ring (bicyclic) bond motifs is 2. The molecule has 0 bridgehead atoms. The number of H-pyrrole nitrogens is 1. The number of aromatic nitrogens is 5. The van der Waals surface area contributed by atoms with Gasteiger partial charge in [0.25, 0.3) is 12.3 Å². The van der Waals surface area contributed by atoms with Crippen LogP contribution in [0.5, 0.6) is 0 Å². The van der Waals surface area contributed by atoms with Crippen molar-refractivity contribution in [3.05, 3.63) is 82.6 Å². The zero-order chi connectivity index (χ0) is 24.1. The highest BCUT2D eigenvalue weighted by molar-refractivity contribution is 7.18. The second kappa shape index (κ2) is 8.31. The van der Waals surface area contributed by atoms with Gasteiger partial charge in [0, 0.05) is 24.9 Å². The number of halogens is 3. The van der Waals surface area contributed by atoms with E-state index in [9.17, 15) is 18.0 Å². The molecular weight excluding hydrogens is 481 g/mol. The van der Waals surface area contributed by atoms with Crippen molar-refractivity contribution in [2.24, 2.45) is 0 Å². The number of aromatic amines is 1. The summed E-state index contributed by atoms with van der Waals surface area (Å²) < 4.78 is 48.3. The van der Waals surface area contributed by atoms with E-state index in [4.69, 9.17) is 4.42 Å². The molecule has 1 amide bonds. The molecule has 5 heterocycles. The third kappa shape index (κ3) is 3.57. The molecule has 6 rings (SSSR count). The fourth-order valence-electron chi connectivity index (χ4n) is 4.16. The summed E-state index contributed by atoms with van der Waals surface area (Å²) in [4.78, 5) is 34.8. The number of carbonyl (C=O) groups excluding carboxylic acids is 1. The Kier molecular flexibility index (Phi) is 5.10. The molecule has 0 fully saturated rings. The number of oxazole rings is 1. The number of imidazole rings is 1. The first-order chi connectivity index (χ1) is 17.0. The lowest BCUT2D eigenvalue weighted by atomic mass is 10.0. The number of amides is 1. The maximum absolute atomic E-state index is 14.4. The van der Waals surface area contributed by atoms with Crippen molar-refractivity contribution >= 4 is 27.5 Å². The van der Waals surface area contributed by atoms with E-state index >= 15 is 0 Å². The molecule has 0 radical (unpaired) electrons. The van der Waals surface area contributed by atoms with Gasteiger partial charge in [-0.3, -0.25) is 9.78 Å². The largest absolute Gasteiger partial charge is 0.429 e. The van der Waals surface area contributed by atoms with E-state index in [1.54, 1.807) is 30.3 Å². The number of alkyl halides is 2. The van der Waals surface area contributed by atoms with Crippen LogP contribution in [0.25, 0.3) is 21.8 Å². The molecule has 0 unspecified atom stereocenters. The molecule has 0 saturated heterocycles. The Morgan fingerprint density at radius 2 is 2.06 bits per heavy atom. The molecular formula is C23H15F3N6O2S. The van der Waals surface area contributed by atoms with Crippen LogP contribution in [0, 0.1) is 5.82 Å². The molecule has 1 aliphatic heterocycles. The summed E-state index contributed by atoms with van der Waals surface area (Å²) in [7, 11) is 0. The monoisotopic (exact) mass is 496 g/mol. The molecule has 1 N–H and O–H groups in total. The van der Waals surface area contributed by atoms with E-state index in [0.717, 1.165) is 5.69 Å². The molecule has 1 aromatic carbocycles. The van der Waals surface area contributed by atoms with Gasteiger partial charge in [-0.15, -0.1) is 11.3 Å². The van der Waals surface area contributed by atoms with Gasteiger partial charge in [-0.05, 0) is 24.3 Å². The van der Waals surface area contributed by atoms with E-state index in [1.165, 1.54) is 34.8 Å². The Balaban J connectivity index is 1.46. The van der Waals surface area contributed by atoms with Gasteiger partial charge in [0.2, 0.25) is 11.7 Å². The van der Waals surface area contributed by atoms with Crippen LogP contribution in [0.15, 0.2) is 53.3 Å². The van der Waals surface area contributed by atoms with Crippen molar-refractivity contribution in [1.29, 1.82) is 0 Å². The Morgan fingerprint density at radius 1 is 1.17 bits per heavy atom. The maximum Gasteiger partial charge on any atom is 0.292 e. The number of hydrogen-bond acceptors (Lipinski definition) is 7. The highest BCUT2D eigenvalue weighted by Crippen LogP contribution is 2.39. The standard InChI is InChI=1S/C23H15F3N6O2S/c24-11-4-3-6-14-15(11)31-22(35-14)18-16-12(28-10-29-16)7-9-32(18)23(33)19-17(20(25)26)30-21(34-19)13-5-1-2-8-27-13/h1-6,8,10,18,20H,7,9H2,(H,28,29)/t18-/m0/s1. The van der Waals surface area contributed by atoms with Crippen molar-refractivity contribution in [3.63, 3.8) is 0 Å².